The van der Waals surface area contributed by atoms with Crippen LogP contribution in [0.2, 0.25) is 10.0 Å². The van der Waals surface area contributed by atoms with Crippen molar-refractivity contribution >= 4 is 40.0 Å². The quantitative estimate of drug-likeness (QED) is 0.332. The maximum atomic E-state index is 14.2. The molecule has 7 nitrogen and oxygen atoms in total. The first kappa shape index (κ1) is 27.8. The molecular formula is C28H29Cl2F2N3O4. The molecule has 1 aromatic heterocycles. The Morgan fingerprint density at radius 2 is 1.72 bits per heavy atom. The Labute approximate surface area is 234 Å². The molecule has 1 heterocycles. The van der Waals surface area contributed by atoms with Crippen LogP contribution >= 0.6 is 23.2 Å². The lowest BCUT2D eigenvalue weighted by Crippen LogP contribution is -2.45. The molecule has 3 N–H and O–H groups in total. The lowest BCUT2D eigenvalue weighted by Gasteiger charge is -2.30. The number of aliphatic hydroxyl groups excluding tert-OH is 1. The smallest absolute Gasteiger partial charge is 0.256 e. The first-order valence-corrected chi connectivity index (χ1v) is 13.8. The number of amides is 1. The molecule has 2 saturated carbocycles. The van der Waals surface area contributed by atoms with Gasteiger partial charge in [0.25, 0.3) is 5.91 Å². The summed E-state index contributed by atoms with van der Waals surface area (Å²) in [4.78, 5) is 26.2. The Morgan fingerprint density at radius 3 is 2.41 bits per heavy atom. The molecule has 0 aliphatic heterocycles. The maximum Gasteiger partial charge on any atom is 0.256 e. The topological polar surface area (TPSA) is 92.6 Å². The van der Waals surface area contributed by atoms with Crippen LogP contribution in [0.25, 0.3) is 10.9 Å². The number of halogens is 4. The number of fused-ring (bicyclic) bond motifs is 1. The number of nitrogens with one attached hydrogen (secondary N) is 2. The van der Waals surface area contributed by atoms with E-state index in [4.69, 9.17) is 27.9 Å². The molecule has 2 aliphatic carbocycles. The standard InChI is InChI=1S/C28H29Cl2F2N3O4/c29-22-8-7-19(9-24(22)31)39-14-18(36)12-33-15-1-3-16(4-2-15)34-28(38)21-13-35(17-5-6-17)26-11-23(30)25(32)10-20(26)27(21)37/h7-11,13,15-18,33,36H,1-6,12,14H2,(H,34,38)/t15-,16-,18-/m1/s1. The SMILES string of the molecule is O=C(N[C@H]1CC[C@H](NC[C@@H](O)COc2ccc(Cl)c(F)c2)CC1)c1cn(C2CC2)c2cc(Cl)c(F)cc2c1=O. The fraction of sp³-hybridized carbons (Fsp3) is 0.429. The number of rotatable bonds is 9. The Bertz CT molecular complexity index is 1440. The van der Waals surface area contributed by atoms with E-state index in [2.05, 4.69) is 10.6 Å². The fourth-order valence-corrected chi connectivity index (χ4v) is 5.26. The van der Waals surface area contributed by atoms with Crippen molar-refractivity contribution in [3.8, 4) is 5.75 Å². The van der Waals surface area contributed by atoms with Crippen molar-refractivity contribution in [2.45, 2.75) is 62.8 Å². The molecule has 2 aliphatic rings. The third-order valence-corrected chi connectivity index (χ3v) is 7.89. The molecule has 11 heteroatoms. The van der Waals surface area contributed by atoms with Crippen molar-refractivity contribution in [1.82, 2.24) is 15.2 Å². The second-order valence-corrected chi connectivity index (χ2v) is 11.1. The molecule has 2 fully saturated rings. The van der Waals surface area contributed by atoms with E-state index in [-0.39, 0.29) is 51.5 Å². The molecule has 39 heavy (non-hydrogen) atoms. The molecule has 0 bridgehead atoms. The van der Waals surface area contributed by atoms with E-state index in [1.165, 1.54) is 24.3 Å². The maximum absolute atomic E-state index is 14.2. The van der Waals surface area contributed by atoms with Crippen LogP contribution in [-0.2, 0) is 0 Å². The number of nitrogens with zero attached hydrogens (tertiary/aromatic N) is 1. The summed E-state index contributed by atoms with van der Waals surface area (Å²) in [6.07, 6.45) is 5.58. The van der Waals surface area contributed by atoms with Gasteiger partial charge in [-0.15, -0.1) is 0 Å². The summed E-state index contributed by atoms with van der Waals surface area (Å²) >= 11 is 11.6. The van der Waals surface area contributed by atoms with Gasteiger partial charge >= 0.3 is 0 Å². The van der Waals surface area contributed by atoms with E-state index in [0.29, 0.717) is 24.9 Å². The molecule has 3 aromatic rings. The predicted molar refractivity (Wildman–Crippen MR) is 146 cm³/mol. The molecule has 5 rings (SSSR count). The molecule has 2 aromatic carbocycles. The van der Waals surface area contributed by atoms with E-state index in [1.807, 2.05) is 4.57 Å². The molecule has 0 spiro atoms. The molecule has 1 atom stereocenters. The number of pyridine rings is 1. The van der Waals surface area contributed by atoms with Crippen molar-refractivity contribution in [2.75, 3.05) is 13.2 Å². The van der Waals surface area contributed by atoms with E-state index < -0.39 is 29.1 Å². The van der Waals surface area contributed by atoms with Gasteiger partial charge in [-0.1, -0.05) is 23.2 Å². The Kier molecular flexibility index (Phi) is 8.42. The Morgan fingerprint density at radius 1 is 1.03 bits per heavy atom. The fourth-order valence-electron chi connectivity index (χ4n) is 4.99. The van der Waals surface area contributed by atoms with Crippen LogP contribution in [-0.4, -0.2) is 46.9 Å². The van der Waals surface area contributed by atoms with E-state index >= 15 is 0 Å². The van der Waals surface area contributed by atoms with Crippen LogP contribution in [0.1, 0.15) is 54.9 Å². The third kappa shape index (κ3) is 6.54. The zero-order chi connectivity index (χ0) is 27.7. The number of benzene rings is 2. The molecule has 0 saturated heterocycles. The van der Waals surface area contributed by atoms with Gasteiger partial charge in [-0.2, -0.15) is 0 Å². The third-order valence-electron chi connectivity index (χ3n) is 7.30. The number of hydrogen-bond acceptors (Lipinski definition) is 5. The lowest BCUT2D eigenvalue weighted by molar-refractivity contribution is 0.0913. The normalized spacial score (nSPS) is 20.1. The van der Waals surface area contributed by atoms with Crippen LogP contribution in [0.3, 0.4) is 0 Å². The minimum absolute atomic E-state index is 0.0000573. The number of ether oxygens (including phenoxy) is 1. The minimum Gasteiger partial charge on any atom is -0.491 e. The van der Waals surface area contributed by atoms with Crippen LogP contribution < -0.4 is 20.8 Å². The van der Waals surface area contributed by atoms with E-state index in [0.717, 1.165) is 31.7 Å². The summed E-state index contributed by atoms with van der Waals surface area (Å²) in [5.74, 6) is -1.45. The van der Waals surface area contributed by atoms with Gasteiger partial charge in [-0.05, 0) is 62.8 Å². The lowest BCUT2D eigenvalue weighted by atomic mass is 9.91. The second-order valence-electron chi connectivity index (χ2n) is 10.3. The highest BCUT2D eigenvalue weighted by Gasteiger charge is 2.29. The second kappa shape index (κ2) is 11.8. The highest BCUT2D eigenvalue weighted by atomic mass is 35.5. The van der Waals surface area contributed by atoms with E-state index in [9.17, 15) is 23.5 Å². The monoisotopic (exact) mass is 579 g/mol. The number of aromatic nitrogens is 1. The zero-order valence-corrected chi connectivity index (χ0v) is 22.6. The van der Waals surface area contributed by atoms with Gasteiger partial charge in [0.1, 0.15) is 35.7 Å². The highest BCUT2D eigenvalue weighted by Crippen LogP contribution is 2.37. The Hall–Kier alpha value is -2.72. The van der Waals surface area contributed by atoms with E-state index in [1.54, 1.807) is 6.20 Å². The summed E-state index contributed by atoms with van der Waals surface area (Å²) in [6.45, 7) is 0.301. The van der Waals surface area contributed by atoms with Crippen LogP contribution in [0.4, 0.5) is 8.78 Å². The number of carbonyl (C=O) groups is 1. The highest BCUT2D eigenvalue weighted by molar-refractivity contribution is 6.31. The zero-order valence-electron chi connectivity index (χ0n) is 21.1. The van der Waals surface area contributed by atoms with Gasteiger partial charge in [0.15, 0.2) is 0 Å². The average Bonchev–Trinajstić information content (AvgIpc) is 3.76. The van der Waals surface area contributed by atoms with Crippen LogP contribution in [0.5, 0.6) is 5.75 Å². The first-order chi connectivity index (χ1) is 18.7. The van der Waals surface area contributed by atoms with Gasteiger partial charge in [0.05, 0.1) is 15.6 Å². The number of carbonyl (C=O) groups excluding carboxylic acids is 1. The summed E-state index contributed by atoms with van der Waals surface area (Å²) < 4.78 is 35.0. The van der Waals surface area contributed by atoms with Crippen LogP contribution in [0.15, 0.2) is 41.3 Å². The van der Waals surface area contributed by atoms with Crippen molar-refractivity contribution in [3.05, 3.63) is 74.0 Å². The first-order valence-electron chi connectivity index (χ1n) is 13.0. The number of aliphatic hydroxyl groups is 1. The Balaban J connectivity index is 1.13. The van der Waals surface area contributed by atoms with Crippen molar-refractivity contribution < 1.29 is 23.4 Å². The summed E-state index contributed by atoms with van der Waals surface area (Å²) in [5, 5.41) is 16.6. The molecule has 0 unspecified atom stereocenters. The molecule has 208 valence electrons. The minimum atomic E-state index is -0.789. The molecule has 1 amide bonds. The summed E-state index contributed by atoms with van der Waals surface area (Å²) in [6, 6.07) is 6.88. The van der Waals surface area contributed by atoms with Crippen LogP contribution in [0, 0.1) is 11.6 Å². The average molecular weight is 580 g/mol. The van der Waals surface area contributed by atoms with Gasteiger partial charge in [-0.3, -0.25) is 9.59 Å². The summed E-state index contributed by atoms with van der Waals surface area (Å²) in [7, 11) is 0. The van der Waals surface area contributed by atoms with Gasteiger partial charge in [0.2, 0.25) is 5.43 Å². The van der Waals surface area contributed by atoms with Gasteiger partial charge in [0, 0.05) is 42.3 Å². The predicted octanol–water partition coefficient (Wildman–Crippen LogP) is 4.99. The number of hydrogen-bond donors (Lipinski definition) is 3. The largest absolute Gasteiger partial charge is 0.491 e. The van der Waals surface area contributed by atoms with Crippen molar-refractivity contribution in [2.24, 2.45) is 0 Å². The van der Waals surface area contributed by atoms with Gasteiger partial charge in [-0.25, -0.2) is 8.78 Å². The van der Waals surface area contributed by atoms with Crippen molar-refractivity contribution in [3.63, 3.8) is 0 Å². The van der Waals surface area contributed by atoms with Crippen molar-refractivity contribution in [1.29, 1.82) is 0 Å². The summed E-state index contributed by atoms with van der Waals surface area (Å²) in [5.41, 5.74) is 0.0212. The molecule has 0 radical (unpaired) electrons. The molecular weight excluding hydrogens is 551 g/mol. The van der Waals surface area contributed by atoms with Gasteiger partial charge < -0.3 is 25.0 Å².